The Labute approximate surface area is 97.1 Å². The Kier molecular flexibility index (Phi) is 3.94. The van der Waals surface area contributed by atoms with E-state index in [-0.39, 0.29) is 5.82 Å². The van der Waals surface area contributed by atoms with E-state index in [2.05, 4.69) is 12.2 Å². The molecular formula is C14H20FN. The number of aryl methyl sites for hydroxylation is 1. The van der Waals surface area contributed by atoms with Crippen LogP contribution in [0.3, 0.4) is 0 Å². The molecule has 0 bridgehead atoms. The van der Waals surface area contributed by atoms with Crippen molar-refractivity contribution in [1.82, 2.24) is 5.32 Å². The normalized spacial score (nSPS) is 21.0. The van der Waals surface area contributed by atoms with E-state index >= 15 is 0 Å². The van der Waals surface area contributed by atoms with Crippen LogP contribution in [-0.2, 0) is 12.8 Å². The van der Waals surface area contributed by atoms with Gasteiger partial charge in [0.2, 0.25) is 0 Å². The standard InChI is InChI=1S/C14H20FN/c1-2-12-5-6-14(15)9-13(12)8-11-4-3-7-16-10-11/h5-6,9,11,16H,2-4,7-8,10H2,1H3. The van der Waals surface area contributed by atoms with Gasteiger partial charge in [-0.3, -0.25) is 0 Å². The number of rotatable bonds is 3. The van der Waals surface area contributed by atoms with Gasteiger partial charge < -0.3 is 5.32 Å². The fourth-order valence-corrected chi connectivity index (χ4v) is 2.54. The van der Waals surface area contributed by atoms with Crippen molar-refractivity contribution in [2.24, 2.45) is 5.92 Å². The minimum absolute atomic E-state index is 0.101. The highest BCUT2D eigenvalue weighted by atomic mass is 19.1. The molecular weight excluding hydrogens is 201 g/mol. The fraction of sp³-hybridized carbons (Fsp3) is 0.571. The molecule has 16 heavy (non-hydrogen) atoms. The molecule has 0 aromatic heterocycles. The Balaban J connectivity index is 2.09. The minimum Gasteiger partial charge on any atom is -0.316 e. The quantitative estimate of drug-likeness (QED) is 0.827. The topological polar surface area (TPSA) is 12.0 Å². The zero-order chi connectivity index (χ0) is 11.4. The number of piperidine rings is 1. The first-order valence-electron chi connectivity index (χ1n) is 6.27. The first kappa shape index (κ1) is 11.6. The largest absolute Gasteiger partial charge is 0.316 e. The highest BCUT2D eigenvalue weighted by Crippen LogP contribution is 2.20. The number of hydrogen-bond acceptors (Lipinski definition) is 1. The Morgan fingerprint density at radius 1 is 1.38 bits per heavy atom. The summed E-state index contributed by atoms with van der Waals surface area (Å²) in [6.07, 6.45) is 4.54. The van der Waals surface area contributed by atoms with Gasteiger partial charge in [-0.2, -0.15) is 0 Å². The molecule has 1 N–H and O–H groups in total. The molecule has 1 aliphatic heterocycles. The van der Waals surface area contributed by atoms with E-state index in [4.69, 9.17) is 0 Å². The van der Waals surface area contributed by atoms with Crippen molar-refractivity contribution in [1.29, 1.82) is 0 Å². The van der Waals surface area contributed by atoms with Crippen molar-refractivity contribution in [2.45, 2.75) is 32.6 Å². The van der Waals surface area contributed by atoms with Crippen molar-refractivity contribution < 1.29 is 4.39 Å². The summed E-state index contributed by atoms with van der Waals surface area (Å²) in [7, 11) is 0. The van der Waals surface area contributed by atoms with E-state index in [1.807, 2.05) is 6.07 Å². The first-order valence-corrected chi connectivity index (χ1v) is 6.27. The van der Waals surface area contributed by atoms with Crippen LogP contribution in [0, 0.1) is 11.7 Å². The van der Waals surface area contributed by atoms with Crippen molar-refractivity contribution in [2.75, 3.05) is 13.1 Å². The molecule has 1 unspecified atom stereocenters. The second-order valence-electron chi connectivity index (χ2n) is 4.68. The van der Waals surface area contributed by atoms with E-state index in [0.717, 1.165) is 25.9 Å². The zero-order valence-electron chi connectivity index (χ0n) is 9.93. The highest BCUT2D eigenvalue weighted by Gasteiger charge is 2.15. The third kappa shape index (κ3) is 2.82. The smallest absolute Gasteiger partial charge is 0.123 e. The van der Waals surface area contributed by atoms with Crippen molar-refractivity contribution in [3.05, 3.63) is 35.1 Å². The molecule has 1 saturated heterocycles. The van der Waals surface area contributed by atoms with Gasteiger partial charge in [0.25, 0.3) is 0 Å². The molecule has 1 aliphatic rings. The predicted octanol–water partition coefficient (Wildman–Crippen LogP) is 2.93. The SMILES string of the molecule is CCc1ccc(F)cc1CC1CCCNC1. The van der Waals surface area contributed by atoms with Crippen LogP contribution in [0.2, 0.25) is 0 Å². The molecule has 1 aromatic rings. The molecule has 0 radical (unpaired) electrons. The summed E-state index contributed by atoms with van der Waals surface area (Å²) < 4.78 is 13.2. The Bertz CT molecular complexity index is 343. The maximum Gasteiger partial charge on any atom is 0.123 e. The Morgan fingerprint density at radius 2 is 2.25 bits per heavy atom. The van der Waals surface area contributed by atoms with Gasteiger partial charge in [0.1, 0.15) is 5.82 Å². The van der Waals surface area contributed by atoms with Crippen LogP contribution in [0.1, 0.15) is 30.9 Å². The lowest BCUT2D eigenvalue weighted by molar-refractivity contribution is 0.375. The average Bonchev–Trinajstić information content (AvgIpc) is 2.31. The molecule has 0 amide bonds. The molecule has 2 rings (SSSR count). The van der Waals surface area contributed by atoms with Gasteiger partial charge in [-0.15, -0.1) is 0 Å². The maximum atomic E-state index is 13.2. The van der Waals surface area contributed by atoms with Crippen LogP contribution >= 0.6 is 0 Å². The van der Waals surface area contributed by atoms with Crippen molar-refractivity contribution in [3.8, 4) is 0 Å². The summed E-state index contributed by atoms with van der Waals surface area (Å²) in [6.45, 7) is 4.36. The zero-order valence-corrected chi connectivity index (χ0v) is 9.93. The van der Waals surface area contributed by atoms with Crippen LogP contribution in [0.25, 0.3) is 0 Å². The maximum absolute atomic E-state index is 13.2. The van der Waals surface area contributed by atoms with Gasteiger partial charge in [-0.05, 0) is 68.0 Å². The third-order valence-corrected chi connectivity index (χ3v) is 3.46. The molecule has 1 atom stereocenters. The average molecular weight is 221 g/mol. The number of benzene rings is 1. The van der Waals surface area contributed by atoms with Crippen LogP contribution in [-0.4, -0.2) is 13.1 Å². The highest BCUT2D eigenvalue weighted by molar-refractivity contribution is 5.28. The van der Waals surface area contributed by atoms with Gasteiger partial charge in [-0.25, -0.2) is 4.39 Å². The van der Waals surface area contributed by atoms with E-state index in [1.54, 1.807) is 12.1 Å². The minimum atomic E-state index is -0.101. The molecule has 0 aliphatic carbocycles. The molecule has 2 heteroatoms. The summed E-state index contributed by atoms with van der Waals surface area (Å²) in [5, 5.41) is 3.41. The third-order valence-electron chi connectivity index (χ3n) is 3.46. The second kappa shape index (κ2) is 5.44. The van der Waals surface area contributed by atoms with Crippen molar-refractivity contribution >= 4 is 0 Å². The number of halogens is 1. The van der Waals surface area contributed by atoms with Crippen LogP contribution in [0.15, 0.2) is 18.2 Å². The lowest BCUT2D eigenvalue weighted by Gasteiger charge is -2.23. The molecule has 1 heterocycles. The molecule has 1 fully saturated rings. The molecule has 0 spiro atoms. The Hall–Kier alpha value is -0.890. The van der Waals surface area contributed by atoms with Crippen LogP contribution < -0.4 is 5.32 Å². The number of nitrogens with one attached hydrogen (secondary N) is 1. The van der Waals surface area contributed by atoms with Crippen LogP contribution in [0.4, 0.5) is 4.39 Å². The predicted molar refractivity (Wildman–Crippen MR) is 65.1 cm³/mol. The summed E-state index contributed by atoms with van der Waals surface area (Å²) in [6, 6.07) is 5.22. The van der Waals surface area contributed by atoms with E-state index < -0.39 is 0 Å². The molecule has 88 valence electrons. The van der Waals surface area contributed by atoms with E-state index in [1.165, 1.54) is 24.0 Å². The van der Waals surface area contributed by atoms with Gasteiger partial charge in [-0.1, -0.05) is 13.0 Å². The van der Waals surface area contributed by atoms with Gasteiger partial charge in [0.05, 0.1) is 0 Å². The Morgan fingerprint density at radius 3 is 2.94 bits per heavy atom. The lowest BCUT2D eigenvalue weighted by Crippen LogP contribution is -2.31. The first-order chi connectivity index (χ1) is 7.79. The van der Waals surface area contributed by atoms with Crippen molar-refractivity contribution in [3.63, 3.8) is 0 Å². The monoisotopic (exact) mass is 221 g/mol. The van der Waals surface area contributed by atoms with Gasteiger partial charge >= 0.3 is 0 Å². The summed E-state index contributed by atoms with van der Waals surface area (Å²) in [5.41, 5.74) is 2.50. The van der Waals surface area contributed by atoms with E-state index in [9.17, 15) is 4.39 Å². The number of hydrogen-bond donors (Lipinski definition) is 1. The van der Waals surface area contributed by atoms with Crippen LogP contribution in [0.5, 0.6) is 0 Å². The second-order valence-corrected chi connectivity index (χ2v) is 4.68. The molecule has 1 aromatic carbocycles. The summed E-state index contributed by atoms with van der Waals surface area (Å²) in [5.74, 6) is 0.580. The lowest BCUT2D eigenvalue weighted by atomic mass is 9.89. The fourth-order valence-electron chi connectivity index (χ4n) is 2.54. The van der Waals surface area contributed by atoms with Gasteiger partial charge in [0.15, 0.2) is 0 Å². The van der Waals surface area contributed by atoms with E-state index in [0.29, 0.717) is 5.92 Å². The molecule has 1 nitrogen and oxygen atoms in total. The summed E-state index contributed by atoms with van der Waals surface area (Å²) >= 11 is 0. The molecule has 0 saturated carbocycles. The van der Waals surface area contributed by atoms with Gasteiger partial charge in [0, 0.05) is 0 Å². The summed E-state index contributed by atoms with van der Waals surface area (Å²) in [4.78, 5) is 0.